The molecule has 1 heterocycles. The van der Waals surface area contributed by atoms with Crippen molar-refractivity contribution in [1.82, 2.24) is 15.2 Å². The molecule has 1 aromatic heterocycles. The third-order valence-electron chi connectivity index (χ3n) is 1.64. The van der Waals surface area contributed by atoms with E-state index in [1.165, 1.54) is 12.1 Å². The predicted molar refractivity (Wildman–Crippen MR) is 64.0 cm³/mol. The molecule has 4 nitrogen and oxygen atoms in total. The van der Waals surface area contributed by atoms with Gasteiger partial charge in [0, 0.05) is 10.5 Å². The van der Waals surface area contributed by atoms with Gasteiger partial charge in [-0.15, -0.1) is 10.2 Å². The summed E-state index contributed by atoms with van der Waals surface area (Å²) < 4.78 is 18.9. The predicted octanol–water partition coefficient (Wildman–Crippen LogP) is 3.87. The molecule has 0 spiro atoms. The molecule has 0 radical (unpaired) electrons. The Morgan fingerprint density at radius 3 is 2.65 bits per heavy atom. The summed E-state index contributed by atoms with van der Waals surface area (Å²) in [6, 6.07) is 4.02. The van der Waals surface area contributed by atoms with Gasteiger partial charge in [0.15, 0.2) is 0 Å². The summed E-state index contributed by atoms with van der Waals surface area (Å²) in [5, 5.41) is 6.76. The van der Waals surface area contributed by atoms with Crippen LogP contribution in [0.3, 0.4) is 0 Å². The summed E-state index contributed by atoms with van der Waals surface area (Å²) in [5.74, 6) is -0.280. The first-order chi connectivity index (χ1) is 8.04. The molecule has 0 fully saturated rings. The minimum atomic E-state index is -0.460. The van der Waals surface area contributed by atoms with Crippen LogP contribution in [-0.2, 0) is 0 Å². The Morgan fingerprint density at radius 1 is 1.18 bits per heavy atom. The van der Waals surface area contributed by atoms with E-state index >= 15 is 0 Å². The van der Waals surface area contributed by atoms with E-state index in [0.29, 0.717) is 4.47 Å². The molecule has 0 saturated carbocycles. The smallest absolute Gasteiger partial charge is 0.262 e. The van der Waals surface area contributed by atoms with Crippen molar-refractivity contribution in [1.29, 1.82) is 0 Å². The first-order valence-electron chi connectivity index (χ1n) is 4.24. The second-order valence-electron chi connectivity index (χ2n) is 2.88. The van der Waals surface area contributed by atoms with Gasteiger partial charge in [0.05, 0.1) is 0 Å². The fraction of sp³-hybridized carbons (Fsp3) is 0. The molecule has 0 amide bonds. The van der Waals surface area contributed by atoms with Gasteiger partial charge in [-0.3, -0.25) is 0 Å². The van der Waals surface area contributed by atoms with E-state index in [1.807, 2.05) is 0 Å². The minimum Gasteiger partial charge on any atom is -0.436 e. The standard InChI is InChI=1S/C9H3BrCl2FN3O/c10-4-1-5(13)3-6(2-4)17-8-7(11)15-16-9(12)14-8/h1-3H. The summed E-state index contributed by atoms with van der Waals surface area (Å²) in [6.07, 6.45) is 0. The number of hydrogen-bond acceptors (Lipinski definition) is 4. The van der Waals surface area contributed by atoms with Crippen LogP contribution in [0.4, 0.5) is 4.39 Å². The van der Waals surface area contributed by atoms with Crippen LogP contribution in [0.1, 0.15) is 0 Å². The van der Waals surface area contributed by atoms with Crippen molar-refractivity contribution in [2.45, 2.75) is 0 Å². The largest absolute Gasteiger partial charge is 0.436 e. The average Bonchev–Trinajstić information content (AvgIpc) is 2.22. The number of hydrogen-bond donors (Lipinski definition) is 0. The van der Waals surface area contributed by atoms with Gasteiger partial charge in [-0.05, 0) is 23.7 Å². The van der Waals surface area contributed by atoms with Gasteiger partial charge in [0.1, 0.15) is 11.6 Å². The zero-order valence-electron chi connectivity index (χ0n) is 7.99. The first kappa shape index (κ1) is 12.5. The van der Waals surface area contributed by atoms with E-state index in [-0.39, 0.29) is 22.1 Å². The van der Waals surface area contributed by atoms with Crippen molar-refractivity contribution in [3.63, 3.8) is 0 Å². The molecule has 0 bridgehead atoms. The normalized spacial score (nSPS) is 10.4. The van der Waals surface area contributed by atoms with Gasteiger partial charge in [-0.2, -0.15) is 4.98 Å². The van der Waals surface area contributed by atoms with Crippen molar-refractivity contribution in [2.24, 2.45) is 0 Å². The zero-order valence-corrected chi connectivity index (χ0v) is 11.1. The van der Waals surface area contributed by atoms with Crippen LogP contribution in [0, 0.1) is 5.82 Å². The monoisotopic (exact) mass is 337 g/mol. The maximum Gasteiger partial charge on any atom is 0.262 e. The molecule has 2 aromatic rings. The molecular weight excluding hydrogens is 336 g/mol. The molecule has 1 aromatic carbocycles. The Morgan fingerprint density at radius 2 is 1.94 bits per heavy atom. The average molecular weight is 339 g/mol. The molecule has 0 aliphatic carbocycles. The molecule has 0 unspecified atom stereocenters. The van der Waals surface area contributed by atoms with Crippen LogP contribution in [-0.4, -0.2) is 15.2 Å². The first-order valence-corrected chi connectivity index (χ1v) is 5.79. The number of benzene rings is 1. The van der Waals surface area contributed by atoms with Crippen molar-refractivity contribution in [3.05, 3.63) is 38.9 Å². The van der Waals surface area contributed by atoms with Crippen LogP contribution in [0.15, 0.2) is 22.7 Å². The molecule has 88 valence electrons. The summed E-state index contributed by atoms with van der Waals surface area (Å²) in [4.78, 5) is 3.73. The third kappa shape index (κ3) is 3.24. The highest BCUT2D eigenvalue weighted by atomic mass is 79.9. The molecule has 0 aliphatic heterocycles. The summed E-state index contributed by atoms with van der Waals surface area (Å²) >= 11 is 14.4. The quantitative estimate of drug-likeness (QED) is 0.833. The number of halogens is 4. The van der Waals surface area contributed by atoms with Crippen LogP contribution >= 0.6 is 39.1 Å². The van der Waals surface area contributed by atoms with Gasteiger partial charge >= 0.3 is 0 Å². The Balaban J connectivity index is 2.34. The van der Waals surface area contributed by atoms with E-state index in [0.717, 1.165) is 0 Å². The lowest BCUT2D eigenvalue weighted by Crippen LogP contribution is -1.95. The van der Waals surface area contributed by atoms with Gasteiger partial charge in [-0.25, -0.2) is 4.39 Å². The zero-order chi connectivity index (χ0) is 12.4. The van der Waals surface area contributed by atoms with Crippen molar-refractivity contribution < 1.29 is 9.13 Å². The van der Waals surface area contributed by atoms with Crippen molar-refractivity contribution in [2.75, 3.05) is 0 Å². The lowest BCUT2D eigenvalue weighted by molar-refractivity contribution is 0.452. The Labute approximate surface area is 114 Å². The molecule has 2 rings (SSSR count). The van der Waals surface area contributed by atoms with E-state index in [1.54, 1.807) is 6.07 Å². The third-order valence-corrected chi connectivity index (χ3v) is 2.50. The maximum atomic E-state index is 13.1. The highest BCUT2D eigenvalue weighted by molar-refractivity contribution is 9.10. The van der Waals surface area contributed by atoms with Gasteiger partial charge in [0.25, 0.3) is 5.88 Å². The maximum absolute atomic E-state index is 13.1. The summed E-state index contributed by atoms with van der Waals surface area (Å²) in [5.41, 5.74) is 0. The highest BCUT2D eigenvalue weighted by Gasteiger charge is 2.09. The molecule has 0 atom stereocenters. The topological polar surface area (TPSA) is 47.9 Å². The van der Waals surface area contributed by atoms with Gasteiger partial charge < -0.3 is 4.74 Å². The molecule has 8 heteroatoms. The van der Waals surface area contributed by atoms with E-state index < -0.39 is 5.82 Å². The number of rotatable bonds is 2. The molecular formula is C9H3BrCl2FN3O. The Hall–Kier alpha value is -0.980. The van der Waals surface area contributed by atoms with Crippen molar-refractivity contribution >= 4 is 39.1 Å². The SMILES string of the molecule is Fc1cc(Br)cc(Oc2nc(Cl)nnc2Cl)c1. The van der Waals surface area contributed by atoms with Crippen LogP contribution in [0.5, 0.6) is 11.6 Å². The lowest BCUT2D eigenvalue weighted by Gasteiger charge is -2.05. The number of nitrogens with zero attached hydrogens (tertiary/aromatic N) is 3. The Kier molecular flexibility index (Phi) is 3.76. The summed E-state index contributed by atoms with van der Waals surface area (Å²) in [7, 11) is 0. The van der Waals surface area contributed by atoms with Gasteiger partial charge in [-0.1, -0.05) is 27.5 Å². The molecule has 0 N–H and O–H groups in total. The van der Waals surface area contributed by atoms with Crippen molar-refractivity contribution in [3.8, 4) is 11.6 Å². The van der Waals surface area contributed by atoms with E-state index in [9.17, 15) is 4.39 Å². The summed E-state index contributed by atoms with van der Waals surface area (Å²) in [6.45, 7) is 0. The highest BCUT2D eigenvalue weighted by Crippen LogP contribution is 2.28. The van der Waals surface area contributed by atoms with Crippen LogP contribution in [0.2, 0.25) is 10.4 Å². The number of aromatic nitrogens is 3. The van der Waals surface area contributed by atoms with Gasteiger partial charge in [0.2, 0.25) is 10.4 Å². The lowest BCUT2D eigenvalue weighted by atomic mass is 10.3. The second-order valence-corrected chi connectivity index (χ2v) is 4.50. The van der Waals surface area contributed by atoms with Crippen LogP contribution in [0.25, 0.3) is 0 Å². The second kappa shape index (κ2) is 5.12. The Bertz CT molecular complexity index is 550. The fourth-order valence-electron chi connectivity index (χ4n) is 1.04. The van der Waals surface area contributed by atoms with E-state index in [2.05, 4.69) is 31.1 Å². The van der Waals surface area contributed by atoms with Crippen LogP contribution < -0.4 is 4.74 Å². The molecule has 0 aliphatic rings. The number of ether oxygens (including phenoxy) is 1. The molecule has 0 saturated heterocycles. The van der Waals surface area contributed by atoms with E-state index in [4.69, 9.17) is 27.9 Å². The molecule has 17 heavy (non-hydrogen) atoms. The fourth-order valence-corrected chi connectivity index (χ4v) is 1.72. The minimum absolute atomic E-state index is 0.0378.